The number of rotatable bonds is 6. The first-order valence-corrected chi connectivity index (χ1v) is 11.7. The lowest BCUT2D eigenvalue weighted by Crippen LogP contribution is -2.19. The first-order chi connectivity index (χ1) is 16.3. The molecule has 0 radical (unpaired) electrons. The predicted molar refractivity (Wildman–Crippen MR) is 139 cm³/mol. The summed E-state index contributed by atoms with van der Waals surface area (Å²) in [6.07, 6.45) is 1.96. The topological polar surface area (TPSA) is 108 Å². The molecule has 0 aliphatic carbocycles. The smallest absolute Gasteiger partial charge is 0.324 e. The van der Waals surface area contributed by atoms with Crippen molar-refractivity contribution in [1.82, 2.24) is 10.1 Å². The zero-order valence-corrected chi connectivity index (χ0v) is 20.4. The van der Waals surface area contributed by atoms with Gasteiger partial charge in [0.2, 0.25) is 0 Å². The summed E-state index contributed by atoms with van der Waals surface area (Å²) < 4.78 is 5.30. The third-order valence-electron chi connectivity index (χ3n) is 5.12. The van der Waals surface area contributed by atoms with Crippen LogP contribution in [0.1, 0.15) is 32.1 Å². The lowest BCUT2D eigenvalue weighted by atomic mass is 9.93. The van der Waals surface area contributed by atoms with Gasteiger partial charge in [-0.1, -0.05) is 49.8 Å². The second-order valence-corrected chi connectivity index (χ2v) is 9.60. The Hall–Kier alpha value is -3.79. The molecule has 3 aromatic rings. The lowest BCUT2D eigenvalue weighted by molar-refractivity contribution is 0.262. The van der Waals surface area contributed by atoms with Crippen molar-refractivity contribution >= 4 is 53.2 Å². The molecule has 1 aliphatic heterocycles. The molecule has 0 unspecified atom stereocenters. The van der Waals surface area contributed by atoms with Crippen molar-refractivity contribution in [3.05, 3.63) is 60.0 Å². The van der Waals surface area contributed by atoms with E-state index in [1.54, 1.807) is 17.8 Å². The minimum Gasteiger partial charge on any atom is -0.373 e. The van der Waals surface area contributed by atoms with Gasteiger partial charge >= 0.3 is 6.03 Å². The molecule has 0 saturated heterocycles. The highest BCUT2D eigenvalue weighted by atomic mass is 32.2. The number of pyridine rings is 1. The normalized spacial score (nSPS) is 13.4. The second kappa shape index (κ2) is 9.60. The monoisotopic (exact) mass is 477 g/mol. The van der Waals surface area contributed by atoms with Crippen LogP contribution in [0.15, 0.2) is 63.2 Å². The molecule has 3 heterocycles. The van der Waals surface area contributed by atoms with Crippen molar-refractivity contribution in [2.45, 2.75) is 31.2 Å². The highest BCUT2D eigenvalue weighted by molar-refractivity contribution is 7.99. The number of hydrogen-bond acceptors (Lipinski definition) is 8. The molecule has 3 N–H and O–H groups in total. The van der Waals surface area contributed by atoms with E-state index in [1.807, 2.05) is 70.4 Å². The summed E-state index contributed by atoms with van der Waals surface area (Å²) in [5.41, 5.74) is 3.08. The molecule has 34 heavy (non-hydrogen) atoms. The summed E-state index contributed by atoms with van der Waals surface area (Å²) in [4.78, 5) is 23.2. The molecule has 0 fully saturated rings. The number of aromatic nitrogens is 2. The van der Waals surface area contributed by atoms with E-state index >= 15 is 0 Å². The fourth-order valence-electron chi connectivity index (χ4n) is 3.25. The van der Waals surface area contributed by atoms with E-state index in [2.05, 4.69) is 42.7 Å². The van der Waals surface area contributed by atoms with Gasteiger partial charge in [0.05, 0.1) is 17.3 Å². The molecule has 9 nitrogen and oxygen atoms in total. The number of hydrogen-bond donors (Lipinski definition) is 3. The number of carbonyl (C=O) groups excluding carboxylic acids is 1. The Labute approximate surface area is 202 Å². The fourth-order valence-corrected chi connectivity index (χ4v) is 4.22. The first-order valence-electron chi connectivity index (χ1n) is 10.7. The van der Waals surface area contributed by atoms with Gasteiger partial charge in [-0.25, -0.2) is 9.78 Å². The highest BCUT2D eigenvalue weighted by Gasteiger charge is 2.21. The van der Waals surface area contributed by atoms with Crippen LogP contribution in [0.3, 0.4) is 0 Å². The number of urea groups is 1. The first kappa shape index (κ1) is 23.4. The number of nitrogens with zero attached hydrogens (tertiary/aromatic N) is 4. The Morgan fingerprint density at radius 2 is 1.94 bits per heavy atom. The molecule has 0 atom stereocenters. The Morgan fingerprint density at radius 3 is 2.59 bits per heavy atom. The Balaban J connectivity index is 1.42. The van der Waals surface area contributed by atoms with Gasteiger partial charge in [0.15, 0.2) is 5.82 Å². The quantitative estimate of drug-likeness (QED) is 0.395. The summed E-state index contributed by atoms with van der Waals surface area (Å²) in [6.45, 7) is 9.76. The van der Waals surface area contributed by atoms with Crippen molar-refractivity contribution < 1.29 is 9.32 Å². The van der Waals surface area contributed by atoms with Crippen LogP contribution in [0.4, 0.5) is 27.8 Å². The minimum atomic E-state index is -0.404. The molecular weight excluding hydrogens is 450 g/mol. The average molecular weight is 478 g/mol. The van der Waals surface area contributed by atoms with Gasteiger partial charge in [0, 0.05) is 36.0 Å². The molecule has 176 valence electrons. The van der Waals surface area contributed by atoms with E-state index in [-0.39, 0.29) is 5.41 Å². The van der Waals surface area contributed by atoms with Crippen molar-refractivity contribution in [2.24, 2.45) is 4.99 Å². The van der Waals surface area contributed by atoms with Crippen molar-refractivity contribution in [2.75, 3.05) is 33.8 Å². The maximum atomic E-state index is 12.3. The molecule has 10 heteroatoms. The number of amides is 2. The van der Waals surface area contributed by atoms with Crippen LogP contribution >= 0.6 is 11.8 Å². The van der Waals surface area contributed by atoms with Crippen LogP contribution in [-0.4, -0.2) is 35.8 Å². The third kappa shape index (κ3) is 5.23. The largest absolute Gasteiger partial charge is 0.373 e. The molecule has 1 aromatic carbocycles. The highest BCUT2D eigenvalue weighted by Crippen LogP contribution is 2.38. The van der Waals surface area contributed by atoms with Crippen molar-refractivity contribution in [3.63, 3.8) is 0 Å². The van der Waals surface area contributed by atoms with E-state index in [0.717, 1.165) is 33.7 Å². The molecule has 0 spiro atoms. The van der Waals surface area contributed by atoms with Gasteiger partial charge in [0.25, 0.3) is 0 Å². The van der Waals surface area contributed by atoms with Crippen LogP contribution < -0.4 is 20.9 Å². The summed E-state index contributed by atoms with van der Waals surface area (Å²) in [6, 6.07) is 12.7. The SMILES string of the molecule is C=N/C(=C\N1CSc2nc(NC)ccc21)c1ccc(NC(=O)Nc2cc(C(C)(C)C)on2)cc1. The van der Waals surface area contributed by atoms with E-state index < -0.39 is 6.03 Å². The molecule has 0 bridgehead atoms. The summed E-state index contributed by atoms with van der Waals surface area (Å²) in [5.74, 6) is 2.64. The lowest BCUT2D eigenvalue weighted by Gasteiger charge is -2.15. The average Bonchev–Trinajstić information content (AvgIpc) is 3.44. The fraction of sp³-hybridized carbons (Fsp3) is 0.250. The number of nitrogens with one attached hydrogen (secondary N) is 3. The van der Waals surface area contributed by atoms with E-state index in [4.69, 9.17) is 4.52 Å². The molecule has 2 amide bonds. The standard InChI is InChI=1S/C24H27N7O2S/c1-24(2,3)19-12-21(30-33-19)29-23(32)27-16-8-6-15(7-9-16)17(25-4)13-31-14-34-22-18(31)10-11-20(26-5)28-22/h6-13H,4,14H2,1-3,5H3,(H,26,28)(H2,27,29,30,32)/b17-13-. The van der Waals surface area contributed by atoms with E-state index in [0.29, 0.717) is 17.3 Å². The predicted octanol–water partition coefficient (Wildman–Crippen LogP) is 5.62. The third-order valence-corrected chi connectivity index (χ3v) is 6.11. The molecule has 2 aromatic heterocycles. The number of aliphatic imine (C=N–C) groups is 1. The number of thioether (sulfide) groups is 1. The maximum absolute atomic E-state index is 12.3. The van der Waals surface area contributed by atoms with E-state index in [9.17, 15) is 4.79 Å². The van der Waals surface area contributed by atoms with Crippen LogP contribution in [-0.2, 0) is 5.41 Å². The Bertz CT molecular complexity index is 1230. The number of fused-ring (bicyclic) bond motifs is 1. The summed E-state index contributed by atoms with van der Waals surface area (Å²) in [5, 5.41) is 13.4. The zero-order valence-electron chi connectivity index (χ0n) is 19.5. The van der Waals surface area contributed by atoms with Gasteiger partial charge < -0.3 is 20.1 Å². The minimum absolute atomic E-state index is 0.189. The summed E-state index contributed by atoms with van der Waals surface area (Å²) in [7, 11) is 1.85. The Morgan fingerprint density at radius 1 is 1.18 bits per heavy atom. The van der Waals surface area contributed by atoms with Crippen LogP contribution in [0, 0.1) is 0 Å². The van der Waals surface area contributed by atoms with Crippen LogP contribution in [0.5, 0.6) is 0 Å². The number of anilines is 4. The molecular formula is C24H27N7O2S. The zero-order chi connectivity index (χ0) is 24.3. The van der Waals surface area contributed by atoms with Gasteiger partial charge in [-0.05, 0) is 31.0 Å². The van der Waals surface area contributed by atoms with Gasteiger partial charge in [-0.15, -0.1) is 0 Å². The molecule has 1 aliphatic rings. The second-order valence-electron chi connectivity index (χ2n) is 8.67. The molecule has 4 rings (SSSR count). The maximum Gasteiger partial charge on any atom is 0.324 e. The van der Waals surface area contributed by atoms with Crippen molar-refractivity contribution in [1.29, 1.82) is 0 Å². The van der Waals surface area contributed by atoms with Crippen LogP contribution in [0.25, 0.3) is 5.70 Å². The number of carbonyl (C=O) groups is 1. The van der Waals surface area contributed by atoms with E-state index in [1.165, 1.54) is 0 Å². The Kier molecular flexibility index (Phi) is 6.60. The molecule has 0 saturated carbocycles. The van der Waals surface area contributed by atoms with Gasteiger partial charge in [-0.3, -0.25) is 10.3 Å². The van der Waals surface area contributed by atoms with Gasteiger partial charge in [0.1, 0.15) is 16.6 Å². The number of benzene rings is 1. The summed E-state index contributed by atoms with van der Waals surface area (Å²) >= 11 is 1.67. The van der Waals surface area contributed by atoms with Crippen LogP contribution in [0.2, 0.25) is 0 Å². The van der Waals surface area contributed by atoms with Crippen molar-refractivity contribution in [3.8, 4) is 0 Å². The van der Waals surface area contributed by atoms with Gasteiger partial charge in [-0.2, -0.15) is 0 Å².